The number of carbonyl (C=O) groups excluding carboxylic acids is 5. The van der Waals surface area contributed by atoms with Crippen LogP contribution in [0.1, 0.15) is 109 Å². The van der Waals surface area contributed by atoms with E-state index in [1.54, 1.807) is 24.4 Å². The molecule has 4 aromatic carbocycles. The number of aromatic nitrogens is 3. The van der Waals surface area contributed by atoms with Crippen LogP contribution in [0.15, 0.2) is 116 Å². The van der Waals surface area contributed by atoms with Gasteiger partial charge in [0.15, 0.2) is 5.69 Å². The van der Waals surface area contributed by atoms with Crippen LogP contribution >= 0.6 is 11.6 Å². The van der Waals surface area contributed by atoms with E-state index in [1.165, 1.54) is 18.2 Å². The number of aliphatic hydroxyl groups is 1. The molecule has 0 spiro atoms. The number of hydrogen-bond donors (Lipinski definition) is 4. The predicted molar refractivity (Wildman–Crippen MR) is 316 cm³/mol. The van der Waals surface area contributed by atoms with Gasteiger partial charge in [-0.2, -0.15) is 0 Å². The van der Waals surface area contributed by atoms with Crippen molar-refractivity contribution >= 4 is 52.8 Å². The SMILES string of the molecule is CCc1cccc(-c2cnc(C(=O)NCCOCCN(CC(=O)NCCN(C[C@@H](C(=O)N3CCN(c4ncnc5c4[C@H](C)C[C@H]5O)CC3)c3ccc(Cl)cc3)C(C)C)C(=O)OCC3c4ccccc4-c4ccccc43)c(NC(C)=O)c2)c1. The molecule has 0 saturated carbocycles. The number of nitrogens with one attached hydrogen (secondary N) is 3. The quantitative estimate of drug-likeness (QED) is 0.0446. The van der Waals surface area contributed by atoms with Gasteiger partial charge in [-0.1, -0.05) is 110 Å². The van der Waals surface area contributed by atoms with Crippen molar-refractivity contribution in [2.75, 3.05) is 95.5 Å². The number of halogens is 1. The molecule has 9 rings (SSSR count). The van der Waals surface area contributed by atoms with Crippen molar-refractivity contribution in [3.63, 3.8) is 0 Å². The molecule has 2 aromatic heterocycles. The van der Waals surface area contributed by atoms with Gasteiger partial charge in [0.1, 0.15) is 25.3 Å². The molecule has 0 bridgehead atoms. The summed E-state index contributed by atoms with van der Waals surface area (Å²) in [5, 5.41) is 19.8. The van der Waals surface area contributed by atoms with Crippen LogP contribution in [0.4, 0.5) is 16.3 Å². The number of amides is 5. The summed E-state index contributed by atoms with van der Waals surface area (Å²) in [6, 6.07) is 33.2. The van der Waals surface area contributed by atoms with Crippen molar-refractivity contribution in [1.82, 2.24) is 40.3 Å². The number of aryl methyl sites for hydroxylation is 1. The van der Waals surface area contributed by atoms with Gasteiger partial charge >= 0.3 is 6.09 Å². The Balaban J connectivity index is 0.817. The van der Waals surface area contributed by atoms with Gasteiger partial charge in [0.2, 0.25) is 17.7 Å². The number of rotatable bonds is 23. The number of piperazine rings is 1. The topological polar surface area (TPSA) is 212 Å². The van der Waals surface area contributed by atoms with E-state index in [4.69, 9.17) is 21.1 Å². The third-order valence-electron chi connectivity index (χ3n) is 15.7. The van der Waals surface area contributed by atoms with Gasteiger partial charge < -0.3 is 40.3 Å². The number of hydrogen-bond acceptors (Lipinski definition) is 13. The normalized spacial score (nSPS) is 15.9. The highest BCUT2D eigenvalue weighted by atomic mass is 35.5. The molecule has 1 saturated heterocycles. The van der Waals surface area contributed by atoms with Crippen LogP contribution in [0.3, 0.4) is 0 Å². The Hall–Kier alpha value is -7.77. The highest BCUT2D eigenvalue weighted by molar-refractivity contribution is 6.30. The van der Waals surface area contributed by atoms with Gasteiger partial charge in [0.25, 0.3) is 5.91 Å². The molecule has 430 valence electrons. The lowest BCUT2D eigenvalue weighted by atomic mass is 9.95. The second-order valence-electron chi connectivity index (χ2n) is 21.5. The van der Waals surface area contributed by atoms with Crippen LogP contribution in [0.25, 0.3) is 22.3 Å². The molecule has 0 radical (unpaired) electrons. The first-order valence-corrected chi connectivity index (χ1v) is 28.7. The van der Waals surface area contributed by atoms with Gasteiger partial charge in [-0.15, -0.1) is 0 Å². The molecule has 3 aliphatic rings. The number of carbonyl (C=O) groups is 5. The second-order valence-corrected chi connectivity index (χ2v) is 21.9. The summed E-state index contributed by atoms with van der Waals surface area (Å²) in [7, 11) is 0. The molecule has 6 aromatic rings. The lowest BCUT2D eigenvalue weighted by Crippen LogP contribution is -2.52. The van der Waals surface area contributed by atoms with E-state index in [0.717, 1.165) is 62.3 Å². The van der Waals surface area contributed by atoms with Gasteiger partial charge in [-0.25, -0.2) is 19.7 Å². The fourth-order valence-corrected chi connectivity index (χ4v) is 11.4. The fourth-order valence-electron chi connectivity index (χ4n) is 11.3. The van der Waals surface area contributed by atoms with Crippen molar-refractivity contribution in [1.29, 1.82) is 0 Å². The monoisotopic (exact) mass is 1130 g/mol. The molecule has 19 heteroatoms. The maximum atomic E-state index is 14.7. The summed E-state index contributed by atoms with van der Waals surface area (Å²) in [6.45, 7) is 12.7. The second kappa shape index (κ2) is 27.3. The Kier molecular flexibility index (Phi) is 19.6. The molecule has 0 unspecified atom stereocenters. The molecule has 2 aliphatic carbocycles. The summed E-state index contributed by atoms with van der Waals surface area (Å²) in [5.74, 6) is -1.05. The molecule has 3 atom stereocenters. The molecule has 5 amide bonds. The molecule has 18 nitrogen and oxygen atoms in total. The number of ether oxygens (including phenoxy) is 2. The summed E-state index contributed by atoms with van der Waals surface area (Å²) in [4.78, 5) is 89.3. The zero-order valence-electron chi connectivity index (χ0n) is 47.3. The minimum absolute atomic E-state index is 0.00216. The van der Waals surface area contributed by atoms with E-state index < -0.39 is 29.9 Å². The first-order valence-electron chi connectivity index (χ1n) is 28.3. The summed E-state index contributed by atoms with van der Waals surface area (Å²) >= 11 is 6.35. The third kappa shape index (κ3) is 14.1. The maximum Gasteiger partial charge on any atom is 0.410 e. The predicted octanol–water partition coefficient (Wildman–Crippen LogP) is 8.21. The van der Waals surface area contributed by atoms with Crippen LogP contribution in [-0.2, 0) is 30.3 Å². The van der Waals surface area contributed by atoms with Gasteiger partial charge in [-0.05, 0) is 89.8 Å². The van der Waals surface area contributed by atoms with E-state index in [-0.39, 0.29) is 87.1 Å². The number of aliphatic hydroxyl groups excluding tert-OH is 1. The van der Waals surface area contributed by atoms with E-state index in [0.29, 0.717) is 56.4 Å². The Morgan fingerprint density at radius 3 is 2.23 bits per heavy atom. The average Bonchev–Trinajstić information content (AvgIpc) is 4.22. The standard InChI is InChI=1S/C63H73ClN10O8/c1-6-43-12-11-13-45(33-43)46-34-54(70-42(5)75)58(67-35-46)61(78)66-23-30-81-31-29-74(63(80)82-38-53-50-16-9-7-14-48(50)49-15-8-10-17-51(49)53)37-56(77)65-22-24-73(40(2)3)36-52(44-18-20-47(64)21-19-44)62(79)72-27-25-71(26-28-72)60-57-41(4)32-55(76)59(57)68-39-69-60/h7-21,33-35,39-41,52-53,55,76H,6,22-32,36-38H2,1-5H3,(H,65,77)(H,66,78)(H,70,75)/t41-,52-,55-/m1/s1. The summed E-state index contributed by atoms with van der Waals surface area (Å²) < 4.78 is 12.0. The molecule has 3 heterocycles. The zero-order chi connectivity index (χ0) is 57.9. The maximum absolute atomic E-state index is 14.7. The van der Waals surface area contributed by atoms with Crippen LogP contribution in [0.2, 0.25) is 5.02 Å². The molecule has 4 N–H and O–H groups in total. The summed E-state index contributed by atoms with van der Waals surface area (Å²) in [5.41, 5.74) is 9.91. The van der Waals surface area contributed by atoms with Crippen molar-refractivity contribution < 1.29 is 38.6 Å². The van der Waals surface area contributed by atoms with Crippen LogP contribution in [0.5, 0.6) is 0 Å². The fraction of sp³-hybridized carbons (Fsp3) is 0.397. The lowest BCUT2D eigenvalue weighted by Gasteiger charge is -2.39. The zero-order valence-corrected chi connectivity index (χ0v) is 48.0. The van der Waals surface area contributed by atoms with Crippen LogP contribution in [0, 0.1) is 0 Å². The Morgan fingerprint density at radius 1 is 0.817 bits per heavy atom. The van der Waals surface area contributed by atoms with E-state index in [1.807, 2.05) is 77.7 Å². The molecule has 82 heavy (non-hydrogen) atoms. The lowest BCUT2D eigenvalue weighted by molar-refractivity contribution is -0.133. The van der Waals surface area contributed by atoms with Crippen LogP contribution < -0.4 is 20.9 Å². The van der Waals surface area contributed by atoms with Crippen LogP contribution in [-0.4, -0.2) is 156 Å². The van der Waals surface area contributed by atoms with Gasteiger partial charge in [-0.3, -0.25) is 29.0 Å². The number of anilines is 2. The minimum atomic E-state index is -0.682. The van der Waals surface area contributed by atoms with E-state index >= 15 is 0 Å². The first-order chi connectivity index (χ1) is 39.7. The first kappa shape index (κ1) is 58.9. The number of benzene rings is 4. The van der Waals surface area contributed by atoms with Crippen molar-refractivity contribution in [3.8, 4) is 22.3 Å². The minimum Gasteiger partial charge on any atom is -0.448 e. The van der Waals surface area contributed by atoms with Crippen molar-refractivity contribution in [3.05, 3.63) is 160 Å². The van der Waals surface area contributed by atoms with E-state index in [2.05, 4.69) is 80.5 Å². The highest BCUT2D eigenvalue weighted by Crippen LogP contribution is 2.45. The largest absolute Gasteiger partial charge is 0.448 e. The Labute approximate surface area is 484 Å². The van der Waals surface area contributed by atoms with E-state index in [9.17, 15) is 29.1 Å². The van der Waals surface area contributed by atoms with Gasteiger partial charge in [0, 0.05) is 100 Å². The molecular formula is C63H73ClN10O8. The molecule has 1 fully saturated rings. The van der Waals surface area contributed by atoms with Gasteiger partial charge in [0.05, 0.1) is 36.6 Å². The Morgan fingerprint density at radius 2 is 1.54 bits per heavy atom. The number of nitrogens with zero attached hydrogens (tertiary/aromatic N) is 7. The number of pyridine rings is 1. The number of fused-ring (bicyclic) bond motifs is 4. The smallest absolute Gasteiger partial charge is 0.410 e. The highest BCUT2D eigenvalue weighted by Gasteiger charge is 2.36. The van der Waals surface area contributed by atoms with Crippen molar-refractivity contribution in [2.24, 2.45) is 0 Å². The van der Waals surface area contributed by atoms with Crippen molar-refractivity contribution in [2.45, 2.75) is 77.4 Å². The third-order valence-corrected chi connectivity index (χ3v) is 15.9. The molecular weight excluding hydrogens is 1060 g/mol. The molecule has 1 aliphatic heterocycles. The average molecular weight is 1130 g/mol. The Bertz CT molecular complexity index is 3200. The summed E-state index contributed by atoms with van der Waals surface area (Å²) in [6.07, 6.45) is 3.28.